The Morgan fingerprint density at radius 3 is 0.565 bits per heavy atom. The van der Waals surface area contributed by atoms with Crippen LogP contribution >= 0.6 is 0 Å². The van der Waals surface area contributed by atoms with E-state index in [1.54, 1.807) is 0 Å². The summed E-state index contributed by atoms with van der Waals surface area (Å²) in [7, 11) is 0. The van der Waals surface area contributed by atoms with Crippen molar-refractivity contribution in [1.82, 2.24) is 0 Å². The summed E-state index contributed by atoms with van der Waals surface area (Å²) in [5, 5.41) is 0. The number of anilines is 8. The first-order valence-corrected chi connectivity index (χ1v) is 22.5. The van der Waals surface area contributed by atoms with E-state index in [-0.39, 0.29) is 21.7 Å². The van der Waals surface area contributed by atoms with Gasteiger partial charge in [0, 0.05) is 22.7 Å². The summed E-state index contributed by atoms with van der Waals surface area (Å²) >= 11 is 0. The molecule has 6 aromatic rings. The van der Waals surface area contributed by atoms with Gasteiger partial charge in [-0.2, -0.15) is 0 Å². The van der Waals surface area contributed by atoms with Gasteiger partial charge in [-0.05, 0) is 167 Å². The van der Waals surface area contributed by atoms with Crippen molar-refractivity contribution < 1.29 is 0 Å². The number of rotatable bonds is 4. The third kappa shape index (κ3) is 7.61. The van der Waals surface area contributed by atoms with Crippen molar-refractivity contribution in [2.24, 2.45) is 0 Å². The zero-order chi connectivity index (χ0) is 44.8. The predicted octanol–water partition coefficient (Wildman–Crippen LogP) is 16.5. The highest BCUT2D eigenvalue weighted by atomic mass is 15.5. The van der Waals surface area contributed by atoms with Gasteiger partial charge in [0.25, 0.3) is 0 Å². The van der Waals surface area contributed by atoms with Crippen LogP contribution in [0.5, 0.6) is 0 Å². The van der Waals surface area contributed by atoms with Gasteiger partial charge in [-0.15, -0.1) is 0 Å². The molecule has 0 saturated heterocycles. The Morgan fingerprint density at radius 1 is 0.258 bits per heavy atom. The Hall–Kier alpha value is -5.74. The molecule has 0 aromatic heterocycles. The minimum atomic E-state index is 0.0200. The van der Waals surface area contributed by atoms with Crippen molar-refractivity contribution in [1.29, 1.82) is 0 Å². The molecular weight excluding hydrogens is 753 g/mol. The Kier molecular flexibility index (Phi) is 10.4. The molecule has 2 aliphatic heterocycles. The van der Waals surface area contributed by atoms with E-state index in [0.717, 1.165) is 57.1 Å². The molecule has 0 aliphatic carbocycles. The van der Waals surface area contributed by atoms with Crippen LogP contribution in [0.1, 0.15) is 128 Å². The van der Waals surface area contributed by atoms with E-state index in [0.29, 0.717) is 0 Å². The average Bonchev–Trinajstić information content (AvgIpc) is 3.68. The molecule has 0 bridgehead atoms. The van der Waals surface area contributed by atoms with Crippen LogP contribution in [0.2, 0.25) is 0 Å². The van der Waals surface area contributed by atoms with Crippen LogP contribution in [0, 0.1) is 27.7 Å². The van der Waals surface area contributed by atoms with Gasteiger partial charge >= 0.3 is 0 Å². The monoisotopic (exact) mass is 821 g/mol. The first kappa shape index (κ1) is 42.9. The molecule has 0 atom stereocenters. The Bertz CT molecular complexity index is 2300. The van der Waals surface area contributed by atoms with Crippen LogP contribution in [0.3, 0.4) is 0 Å². The summed E-state index contributed by atoms with van der Waals surface area (Å²) in [6.45, 7) is 36.5. The van der Waals surface area contributed by atoms with Crippen molar-refractivity contribution in [2.75, 3.05) is 19.6 Å². The summed E-state index contributed by atoms with van der Waals surface area (Å²) in [5.41, 5.74) is 19.5. The van der Waals surface area contributed by atoms with Gasteiger partial charge in [0.05, 0.1) is 22.7 Å². The lowest BCUT2D eigenvalue weighted by Gasteiger charge is -2.35. The molecular formula is C58H68N4. The van der Waals surface area contributed by atoms with E-state index in [1.165, 1.54) is 44.5 Å². The zero-order valence-corrected chi connectivity index (χ0v) is 40.3. The molecule has 0 saturated carbocycles. The van der Waals surface area contributed by atoms with Gasteiger partial charge in [0.1, 0.15) is 0 Å². The molecule has 320 valence electrons. The summed E-state index contributed by atoms with van der Waals surface area (Å²) in [6.07, 6.45) is 0. The highest BCUT2D eigenvalue weighted by molar-refractivity contribution is 6.00. The summed E-state index contributed by atoms with van der Waals surface area (Å²) in [4.78, 5) is 10.1. The molecule has 0 radical (unpaired) electrons. The summed E-state index contributed by atoms with van der Waals surface area (Å²) in [5.74, 6) is 2.15. The van der Waals surface area contributed by atoms with E-state index in [1.807, 2.05) is 0 Å². The van der Waals surface area contributed by atoms with Crippen LogP contribution in [-0.2, 0) is 21.7 Å². The Labute approximate surface area is 373 Å². The highest BCUT2D eigenvalue weighted by Crippen LogP contribution is 2.58. The molecule has 0 amide bonds. The molecule has 8 rings (SSSR count). The highest BCUT2D eigenvalue weighted by Gasteiger charge is 2.45. The van der Waals surface area contributed by atoms with Gasteiger partial charge in [0.15, 0.2) is 11.6 Å². The molecule has 2 aliphatic rings. The van der Waals surface area contributed by atoms with E-state index >= 15 is 0 Å². The number of fused-ring (bicyclic) bond motifs is 2. The van der Waals surface area contributed by atoms with Gasteiger partial charge in [-0.25, -0.2) is 0 Å². The maximum Gasteiger partial charge on any atom is 0.166 e. The second-order valence-electron chi connectivity index (χ2n) is 22.0. The van der Waals surface area contributed by atoms with Gasteiger partial charge in [-0.1, -0.05) is 132 Å². The molecule has 0 unspecified atom stereocenters. The summed E-state index contributed by atoms with van der Waals surface area (Å²) < 4.78 is 0. The quantitative estimate of drug-likeness (QED) is 0.176. The van der Waals surface area contributed by atoms with Crippen LogP contribution in [0.15, 0.2) is 133 Å². The molecule has 62 heavy (non-hydrogen) atoms. The van der Waals surface area contributed by atoms with Gasteiger partial charge in [0.2, 0.25) is 0 Å². The van der Waals surface area contributed by atoms with Crippen LogP contribution in [0.25, 0.3) is 0 Å². The maximum absolute atomic E-state index is 2.53. The molecule has 6 aromatic carbocycles. The third-order valence-corrected chi connectivity index (χ3v) is 13.2. The van der Waals surface area contributed by atoms with Crippen molar-refractivity contribution in [2.45, 2.75) is 132 Å². The predicted molar refractivity (Wildman–Crippen MR) is 268 cm³/mol. The topological polar surface area (TPSA) is 13.0 Å². The van der Waals surface area contributed by atoms with E-state index < -0.39 is 0 Å². The molecule has 0 N–H and O–H groups in total. The van der Waals surface area contributed by atoms with Crippen LogP contribution in [0.4, 0.5) is 45.5 Å². The van der Waals surface area contributed by atoms with Crippen molar-refractivity contribution >= 4 is 45.5 Å². The fourth-order valence-corrected chi connectivity index (χ4v) is 8.83. The van der Waals surface area contributed by atoms with Gasteiger partial charge in [-0.3, -0.25) is 19.6 Å². The molecule has 4 heteroatoms. The first-order chi connectivity index (χ1) is 28.9. The number of nitrogens with zero attached hydrogens (tertiary/aromatic N) is 4. The van der Waals surface area contributed by atoms with E-state index in [4.69, 9.17) is 0 Å². The largest absolute Gasteiger partial charge is 0.291 e. The lowest BCUT2D eigenvalue weighted by Crippen LogP contribution is -2.33. The standard InChI is InChI=1S/C58H68N4/c1-37-33-49-50(34-38(37)2)60(46-27-19-42(20-28-46)56(8,9)10)53(59(49)45-25-17-41(18-26-45)55(5,6)7)54-61(47-29-21-43(22-30-47)57(11,12)13)51-35-39(3)40(4)36-52(51)62(54)48-31-23-44(24-32-48)58(14,15)16/h17-36H,1-16H3. The number of hydrogen-bond acceptors (Lipinski definition) is 4. The molecule has 0 fully saturated rings. The number of aryl methyl sites for hydroxylation is 4. The number of benzene rings is 6. The lowest BCUT2D eigenvalue weighted by atomic mass is 9.87. The van der Waals surface area contributed by atoms with E-state index in [2.05, 4.69) is 252 Å². The van der Waals surface area contributed by atoms with Crippen LogP contribution in [-0.4, -0.2) is 0 Å². The second-order valence-corrected chi connectivity index (χ2v) is 22.0. The zero-order valence-electron chi connectivity index (χ0n) is 40.3. The Balaban J connectivity index is 1.54. The fourth-order valence-electron chi connectivity index (χ4n) is 8.83. The first-order valence-electron chi connectivity index (χ1n) is 22.5. The third-order valence-electron chi connectivity index (χ3n) is 13.2. The SMILES string of the molecule is Cc1cc2c(cc1C)N(c1ccc(C(C)(C)C)cc1)C(=C1N(c3ccc(C(C)(C)C)cc3)c3cc(C)c(C)cc3N1c1ccc(C(C)(C)C)cc1)N2c1ccc(C(C)(C)C)cc1. The van der Waals surface area contributed by atoms with Crippen molar-refractivity contribution in [3.8, 4) is 0 Å². The minimum absolute atomic E-state index is 0.0200. The van der Waals surface area contributed by atoms with Gasteiger partial charge < -0.3 is 0 Å². The second kappa shape index (κ2) is 15.0. The molecule has 4 nitrogen and oxygen atoms in total. The smallest absolute Gasteiger partial charge is 0.166 e. The molecule has 2 heterocycles. The minimum Gasteiger partial charge on any atom is -0.291 e. The van der Waals surface area contributed by atoms with Crippen molar-refractivity contribution in [3.05, 3.63) is 177 Å². The summed E-state index contributed by atoms with van der Waals surface area (Å²) in [6, 6.07) is 46.8. The normalized spacial score (nSPS) is 14.6. The molecule has 0 spiro atoms. The van der Waals surface area contributed by atoms with E-state index in [9.17, 15) is 0 Å². The average molecular weight is 821 g/mol. The van der Waals surface area contributed by atoms with Crippen molar-refractivity contribution in [3.63, 3.8) is 0 Å². The Morgan fingerprint density at radius 2 is 0.419 bits per heavy atom. The number of hydrogen-bond donors (Lipinski definition) is 0. The maximum atomic E-state index is 2.53. The lowest BCUT2D eigenvalue weighted by molar-refractivity contribution is 0.590. The fraction of sp³-hybridized carbons (Fsp3) is 0.345. The van der Waals surface area contributed by atoms with Crippen LogP contribution < -0.4 is 19.6 Å².